The van der Waals surface area contributed by atoms with Gasteiger partial charge in [-0.05, 0) is 14.1 Å². The van der Waals surface area contributed by atoms with Crippen LogP contribution in [0.1, 0.15) is 0 Å². The van der Waals surface area contributed by atoms with Gasteiger partial charge in [-0.15, -0.1) is 0 Å². The Hall–Kier alpha value is -1.21. The van der Waals surface area contributed by atoms with E-state index in [2.05, 4.69) is 4.99 Å². The van der Waals surface area contributed by atoms with Gasteiger partial charge >= 0.3 is 5.97 Å². The van der Waals surface area contributed by atoms with Crippen LogP contribution in [0.3, 0.4) is 0 Å². The van der Waals surface area contributed by atoms with Crippen molar-refractivity contribution in [2.45, 2.75) is 0 Å². The number of rotatable bonds is 3. The van der Waals surface area contributed by atoms with Crippen molar-refractivity contribution in [2.75, 3.05) is 20.6 Å². The molecule has 0 bridgehead atoms. The van der Waals surface area contributed by atoms with Crippen LogP contribution in [0.25, 0.3) is 0 Å². The maximum atomic E-state index is 11.2. The van der Waals surface area contributed by atoms with Gasteiger partial charge in [0.1, 0.15) is 0 Å². The van der Waals surface area contributed by atoms with Crippen molar-refractivity contribution in [1.29, 1.82) is 0 Å². The molecule has 0 fully saturated rings. The molecule has 1 aliphatic rings. The fourth-order valence-corrected chi connectivity index (χ4v) is 2.11. The van der Waals surface area contributed by atoms with E-state index in [0.29, 0.717) is 6.54 Å². The third kappa shape index (κ3) is 2.18. The summed E-state index contributed by atoms with van der Waals surface area (Å²) in [6.07, 6.45) is 0. The minimum atomic E-state index is -3.82. The molecule has 1 heterocycles. The van der Waals surface area contributed by atoms with Gasteiger partial charge in [0, 0.05) is 6.54 Å². The average Bonchev–Trinajstić information content (AvgIpc) is 2.23. The van der Waals surface area contributed by atoms with Crippen molar-refractivity contribution in [1.82, 2.24) is 4.90 Å². The number of sulfone groups is 1. The molecule has 0 saturated heterocycles. The van der Waals surface area contributed by atoms with E-state index in [1.165, 1.54) is 0 Å². The zero-order chi connectivity index (χ0) is 10.9. The Morgan fingerprint density at radius 1 is 1.57 bits per heavy atom. The van der Waals surface area contributed by atoms with Crippen molar-refractivity contribution < 1.29 is 18.3 Å². The number of carboxylic acids is 1. The number of nitrogens with zero attached hydrogens (tertiary/aromatic N) is 2. The highest BCUT2D eigenvalue weighted by atomic mass is 32.2. The predicted molar refractivity (Wildman–Crippen MR) is 50.6 cm³/mol. The van der Waals surface area contributed by atoms with E-state index in [9.17, 15) is 13.2 Å². The van der Waals surface area contributed by atoms with Crippen LogP contribution >= 0.6 is 0 Å². The molecule has 0 aromatic heterocycles. The zero-order valence-corrected chi connectivity index (χ0v) is 8.58. The van der Waals surface area contributed by atoms with E-state index >= 15 is 0 Å². The van der Waals surface area contributed by atoms with Gasteiger partial charge in [0.05, 0.1) is 11.1 Å². The van der Waals surface area contributed by atoms with Crippen LogP contribution in [0.4, 0.5) is 0 Å². The van der Waals surface area contributed by atoms with Crippen molar-refractivity contribution in [2.24, 2.45) is 4.99 Å². The van der Waals surface area contributed by atoms with Gasteiger partial charge in [0.2, 0.25) is 14.9 Å². The fourth-order valence-electron chi connectivity index (χ4n) is 1.02. The second kappa shape index (κ2) is 3.50. The number of hydrogen-bond acceptors (Lipinski definition) is 5. The maximum Gasteiger partial charge on any atom is 0.366 e. The highest BCUT2D eigenvalue weighted by molar-refractivity contribution is 8.11. The van der Waals surface area contributed by atoms with Crippen LogP contribution in [0.15, 0.2) is 16.1 Å². The molecule has 0 aromatic rings. The first-order valence-electron chi connectivity index (χ1n) is 3.75. The molecule has 0 amide bonds. The summed E-state index contributed by atoms with van der Waals surface area (Å²) in [5, 5.41) is 8.63. The number of aliphatic imine (C=N–C) groups is 1. The van der Waals surface area contributed by atoms with Crippen molar-refractivity contribution >= 4 is 20.9 Å². The minimum absolute atomic E-state index is 0.243. The molecular weight excluding hydrogens is 208 g/mol. The Morgan fingerprint density at radius 2 is 2.14 bits per heavy atom. The molecule has 0 aliphatic carbocycles. The number of carbonyl (C=O) groups is 1. The van der Waals surface area contributed by atoms with E-state index in [4.69, 9.17) is 5.11 Å². The van der Waals surface area contributed by atoms with E-state index in [-0.39, 0.29) is 5.70 Å². The SMILES string of the molecule is CN(C)CC1=CS(=O)(=O)C(C(=O)O)=N1. The van der Waals surface area contributed by atoms with Gasteiger partial charge in [-0.1, -0.05) is 0 Å². The topological polar surface area (TPSA) is 87.0 Å². The quantitative estimate of drug-likeness (QED) is 0.677. The van der Waals surface area contributed by atoms with Crippen LogP contribution < -0.4 is 0 Å². The highest BCUT2D eigenvalue weighted by Gasteiger charge is 2.30. The first-order chi connectivity index (χ1) is 6.33. The molecule has 1 rings (SSSR count). The summed E-state index contributed by atoms with van der Waals surface area (Å²) in [6.45, 7) is 0.302. The van der Waals surface area contributed by atoms with Gasteiger partial charge in [0.25, 0.3) is 0 Å². The predicted octanol–water partition coefficient (Wildman–Crippen LogP) is -0.699. The zero-order valence-electron chi connectivity index (χ0n) is 7.76. The standard InChI is InChI=1S/C7H10N2O4S/c1-9(2)3-5-4-14(12,13)6(8-5)7(10)11/h4H,3H2,1-2H3,(H,10,11). The lowest BCUT2D eigenvalue weighted by Crippen LogP contribution is -2.19. The largest absolute Gasteiger partial charge is 0.476 e. The molecule has 0 radical (unpaired) electrons. The van der Waals surface area contributed by atoms with Crippen LogP contribution in [-0.4, -0.2) is 50.1 Å². The molecule has 78 valence electrons. The summed E-state index contributed by atoms with van der Waals surface area (Å²) in [5.41, 5.74) is 0.243. The Labute approximate surface area is 81.5 Å². The Balaban J connectivity index is 3.01. The van der Waals surface area contributed by atoms with Crippen LogP contribution in [0, 0.1) is 0 Å². The second-order valence-electron chi connectivity index (χ2n) is 3.11. The van der Waals surface area contributed by atoms with Gasteiger partial charge in [0.15, 0.2) is 0 Å². The Kier molecular flexibility index (Phi) is 2.72. The fraction of sp³-hybridized carbons (Fsp3) is 0.429. The van der Waals surface area contributed by atoms with Crippen LogP contribution in [0.2, 0.25) is 0 Å². The Bertz CT molecular complexity index is 419. The third-order valence-corrected chi connectivity index (χ3v) is 2.85. The van der Waals surface area contributed by atoms with Gasteiger partial charge in [-0.3, -0.25) is 0 Å². The smallest absolute Gasteiger partial charge is 0.366 e. The summed E-state index contributed by atoms with van der Waals surface area (Å²) in [4.78, 5) is 15.7. The molecule has 0 unspecified atom stereocenters. The molecule has 1 aliphatic heterocycles. The first kappa shape index (κ1) is 10.9. The van der Waals surface area contributed by atoms with Crippen LogP contribution in [-0.2, 0) is 14.6 Å². The summed E-state index contributed by atoms with van der Waals surface area (Å²) >= 11 is 0. The average molecular weight is 218 g/mol. The molecule has 0 spiro atoms. The number of likely N-dealkylation sites (N-methyl/N-ethyl adjacent to an activating group) is 1. The highest BCUT2D eigenvalue weighted by Crippen LogP contribution is 2.15. The third-order valence-electron chi connectivity index (χ3n) is 1.47. The normalized spacial score (nSPS) is 19.4. The summed E-state index contributed by atoms with van der Waals surface area (Å²) in [5.74, 6) is -1.52. The lowest BCUT2D eigenvalue weighted by molar-refractivity contribution is -0.129. The van der Waals surface area contributed by atoms with E-state index < -0.39 is 20.9 Å². The second-order valence-corrected chi connectivity index (χ2v) is 4.83. The van der Waals surface area contributed by atoms with Gasteiger partial charge in [-0.25, -0.2) is 18.2 Å². The molecule has 0 aromatic carbocycles. The van der Waals surface area contributed by atoms with E-state index in [1.54, 1.807) is 19.0 Å². The van der Waals surface area contributed by atoms with E-state index in [0.717, 1.165) is 5.41 Å². The molecule has 0 saturated carbocycles. The number of carboxylic acid groups (broad SMARTS) is 1. The first-order valence-corrected chi connectivity index (χ1v) is 5.30. The molecule has 14 heavy (non-hydrogen) atoms. The van der Waals surface area contributed by atoms with Crippen molar-refractivity contribution in [3.8, 4) is 0 Å². The lowest BCUT2D eigenvalue weighted by Gasteiger charge is -2.06. The Morgan fingerprint density at radius 3 is 2.50 bits per heavy atom. The van der Waals surface area contributed by atoms with Crippen LogP contribution in [0.5, 0.6) is 0 Å². The molecule has 6 nitrogen and oxygen atoms in total. The summed E-state index contributed by atoms with van der Waals surface area (Å²) in [7, 11) is -0.344. The van der Waals surface area contributed by atoms with E-state index in [1.807, 2.05) is 0 Å². The molecule has 7 heteroatoms. The molecule has 1 N–H and O–H groups in total. The maximum absolute atomic E-state index is 11.2. The lowest BCUT2D eigenvalue weighted by atomic mass is 10.5. The molecule has 0 atom stereocenters. The number of aliphatic carboxylic acids is 1. The monoisotopic (exact) mass is 218 g/mol. The van der Waals surface area contributed by atoms with Gasteiger partial charge < -0.3 is 10.0 Å². The van der Waals surface area contributed by atoms with Crippen molar-refractivity contribution in [3.05, 3.63) is 11.1 Å². The minimum Gasteiger partial charge on any atom is -0.476 e. The summed E-state index contributed by atoms with van der Waals surface area (Å²) in [6, 6.07) is 0. The summed E-state index contributed by atoms with van der Waals surface area (Å²) < 4.78 is 22.4. The number of hydrogen-bond donors (Lipinski definition) is 1. The van der Waals surface area contributed by atoms with Gasteiger partial charge in [-0.2, -0.15) is 0 Å². The van der Waals surface area contributed by atoms with Crippen molar-refractivity contribution in [3.63, 3.8) is 0 Å². The molecular formula is C7H10N2O4S.